The molecule has 0 radical (unpaired) electrons. The molecule has 0 amide bonds. The topological polar surface area (TPSA) is 106 Å². The lowest BCUT2D eigenvalue weighted by atomic mass is 10.1. The molecule has 31 heavy (non-hydrogen) atoms. The molecule has 8 heteroatoms. The molecular formula is C23H28N6O2. The molecule has 0 fully saturated rings. The van der Waals surface area contributed by atoms with Crippen LogP contribution in [0.1, 0.15) is 60.1 Å². The van der Waals surface area contributed by atoms with Crippen LogP contribution in [0.15, 0.2) is 36.8 Å². The van der Waals surface area contributed by atoms with Gasteiger partial charge in [-0.25, -0.2) is 15.0 Å². The van der Waals surface area contributed by atoms with Crippen LogP contribution in [0, 0.1) is 6.92 Å². The maximum absolute atomic E-state index is 11.4. The van der Waals surface area contributed by atoms with Gasteiger partial charge in [-0.2, -0.15) is 5.10 Å². The predicted molar refractivity (Wildman–Crippen MR) is 117 cm³/mol. The number of fused-ring (bicyclic) bond motifs is 1. The Hall–Kier alpha value is -3.29. The van der Waals surface area contributed by atoms with Gasteiger partial charge in [0.05, 0.1) is 18.2 Å². The third-order valence-electron chi connectivity index (χ3n) is 5.60. The Kier molecular flexibility index (Phi) is 6.54. The number of pyridine rings is 1. The van der Waals surface area contributed by atoms with Gasteiger partial charge in [0, 0.05) is 36.4 Å². The van der Waals surface area contributed by atoms with Gasteiger partial charge in [-0.05, 0) is 63.1 Å². The van der Waals surface area contributed by atoms with Crippen molar-refractivity contribution in [1.82, 2.24) is 24.7 Å². The van der Waals surface area contributed by atoms with Crippen LogP contribution in [0.2, 0.25) is 0 Å². The summed E-state index contributed by atoms with van der Waals surface area (Å²) in [5.41, 5.74) is 4.08. The number of hydrogen-bond acceptors (Lipinski definition) is 6. The first-order valence-corrected chi connectivity index (χ1v) is 10.9. The Balaban J connectivity index is 1.39. The molecule has 4 heterocycles. The van der Waals surface area contributed by atoms with Gasteiger partial charge in [-0.1, -0.05) is 6.07 Å². The van der Waals surface area contributed by atoms with Crippen molar-refractivity contribution in [1.29, 1.82) is 0 Å². The molecule has 0 spiro atoms. The standard InChI is InChI=1S/C23H28N6O2/c1-16-25-14-18(15-26-16)21(13-22(30)31)29-12-10-20(28-29)7-4-6-19-9-8-17-5-2-3-11-24-23(17)27-19/h8-10,12,14-15,21H,2-7,11,13H2,1H3,(H,24,27)(H,30,31)/t21-/m1/s1. The Bertz CT molecular complexity index is 1030. The SMILES string of the molecule is Cc1ncc([C@@H](CC(=O)O)n2ccc(CCCc3ccc4c(n3)NCCCC4)n2)cn1. The molecule has 3 aromatic heterocycles. The van der Waals surface area contributed by atoms with E-state index in [4.69, 9.17) is 4.98 Å². The zero-order valence-corrected chi connectivity index (χ0v) is 17.8. The molecule has 0 aliphatic carbocycles. The van der Waals surface area contributed by atoms with Gasteiger partial charge in [0.15, 0.2) is 0 Å². The van der Waals surface area contributed by atoms with Crippen LogP contribution in [0.5, 0.6) is 0 Å². The highest BCUT2D eigenvalue weighted by molar-refractivity contribution is 5.68. The van der Waals surface area contributed by atoms with E-state index in [-0.39, 0.29) is 6.42 Å². The molecule has 8 nitrogen and oxygen atoms in total. The van der Waals surface area contributed by atoms with Crippen molar-refractivity contribution < 1.29 is 9.90 Å². The molecule has 0 unspecified atom stereocenters. The molecule has 4 rings (SSSR count). The lowest BCUT2D eigenvalue weighted by Gasteiger charge is -2.15. The van der Waals surface area contributed by atoms with E-state index in [2.05, 4.69) is 32.5 Å². The maximum atomic E-state index is 11.4. The van der Waals surface area contributed by atoms with E-state index in [1.54, 1.807) is 24.0 Å². The fourth-order valence-corrected chi connectivity index (χ4v) is 3.91. The van der Waals surface area contributed by atoms with Crippen LogP contribution in [0.3, 0.4) is 0 Å². The van der Waals surface area contributed by atoms with Gasteiger partial charge >= 0.3 is 5.97 Å². The summed E-state index contributed by atoms with van der Waals surface area (Å²) < 4.78 is 1.71. The second-order valence-corrected chi connectivity index (χ2v) is 8.01. The molecule has 1 aliphatic rings. The molecule has 162 valence electrons. The summed E-state index contributed by atoms with van der Waals surface area (Å²) in [7, 11) is 0. The van der Waals surface area contributed by atoms with Crippen LogP contribution in [-0.2, 0) is 24.1 Å². The van der Waals surface area contributed by atoms with E-state index in [1.807, 2.05) is 12.3 Å². The summed E-state index contributed by atoms with van der Waals surface area (Å²) in [6.45, 7) is 2.79. The third kappa shape index (κ3) is 5.45. The predicted octanol–water partition coefficient (Wildman–Crippen LogP) is 3.36. The number of rotatable bonds is 8. The Labute approximate surface area is 181 Å². The molecule has 0 aromatic carbocycles. The largest absolute Gasteiger partial charge is 0.481 e. The van der Waals surface area contributed by atoms with Crippen molar-refractivity contribution in [3.05, 3.63) is 65.1 Å². The lowest BCUT2D eigenvalue weighted by Crippen LogP contribution is -2.16. The van der Waals surface area contributed by atoms with Crippen LogP contribution in [0.25, 0.3) is 0 Å². The second-order valence-electron chi connectivity index (χ2n) is 8.01. The highest BCUT2D eigenvalue weighted by atomic mass is 16.4. The van der Waals surface area contributed by atoms with E-state index in [9.17, 15) is 9.90 Å². The molecule has 0 saturated heterocycles. The minimum Gasteiger partial charge on any atom is -0.481 e. The lowest BCUT2D eigenvalue weighted by molar-refractivity contribution is -0.137. The van der Waals surface area contributed by atoms with Crippen molar-refractivity contribution in [3.8, 4) is 0 Å². The molecule has 2 N–H and O–H groups in total. The van der Waals surface area contributed by atoms with Gasteiger partial charge in [0.1, 0.15) is 11.6 Å². The summed E-state index contributed by atoms with van der Waals surface area (Å²) in [6, 6.07) is 5.86. The van der Waals surface area contributed by atoms with Crippen molar-refractivity contribution in [2.75, 3.05) is 11.9 Å². The smallest absolute Gasteiger partial charge is 0.305 e. The average Bonchev–Trinajstić information content (AvgIpc) is 3.09. The van der Waals surface area contributed by atoms with E-state index in [0.29, 0.717) is 5.82 Å². The number of aliphatic carboxylic acids is 1. The van der Waals surface area contributed by atoms with Gasteiger partial charge in [0.2, 0.25) is 0 Å². The minimum absolute atomic E-state index is 0.0699. The number of aryl methyl sites for hydroxylation is 4. The van der Waals surface area contributed by atoms with E-state index < -0.39 is 12.0 Å². The highest BCUT2D eigenvalue weighted by Gasteiger charge is 2.19. The van der Waals surface area contributed by atoms with E-state index >= 15 is 0 Å². The number of carbonyl (C=O) groups is 1. The average molecular weight is 421 g/mol. The van der Waals surface area contributed by atoms with Crippen molar-refractivity contribution in [2.45, 2.75) is 57.9 Å². The number of hydrogen-bond donors (Lipinski definition) is 2. The molecule has 1 aliphatic heterocycles. The molecule has 0 saturated carbocycles. The maximum Gasteiger partial charge on any atom is 0.305 e. The number of nitrogens with one attached hydrogen (secondary N) is 1. The summed E-state index contributed by atoms with van der Waals surface area (Å²) in [5, 5.41) is 17.4. The van der Waals surface area contributed by atoms with Gasteiger partial charge < -0.3 is 10.4 Å². The molecule has 3 aromatic rings. The van der Waals surface area contributed by atoms with Gasteiger partial charge in [0.25, 0.3) is 0 Å². The number of carboxylic acids is 1. The number of anilines is 1. The van der Waals surface area contributed by atoms with Crippen LogP contribution in [0.4, 0.5) is 5.82 Å². The van der Waals surface area contributed by atoms with E-state index in [1.165, 1.54) is 18.4 Å². The fourth-order valence-electron chi connectivity index (χ4n) is 3.91. The Morgan fingerprint density at radius 1 is 1.16 bits per heavy atom. The van der Waals surface area contributed by atoms with Gasteiger partial charge in [-0.15, -0.1) is 0 Å². The van der Waals surface area contributed by atoms with E-state index in [0.717, 1.165) is 55.0 Å². The van der Waals surface area contributed by atoms with Crippen molar-refractivity contribution >= 4 is 11.8 Å². The van der Waals surface area contributed by atoms with Crippen LogP contribution >= 0.6 is 0 Å². The van der Waals surface area contributed by atoms with Crippen LogP contribution < -0.4 is 5.32 Å². The zero-order chi connectivity index (χ0) is 21.6. The summed E-state index contributed by atoms with van der Waals surface area (Å²) in [6.07, 6.45) is 11.2. The molecular weight excluding hydrogens is 392 g/mol. The highest BCUT2D eigenvalue weighted by Crippen LogP contribution is 2.22. The Morgan fingerprint density at radius 3 is 2.77 bits per heavy atom. The number of carboxylic acid groups (broad SMARTS) is 1. The third-order valence-corrected chi connectivity index (χ3v) is 5.60. The first kappa shape index (κ1) is 21.0. The molecule has 1 atom stereocenters. The van der Waals surface area contributed by atoms with Crippen molar-refractivity contribution in [2.24, 2.45) is 0 Å². The summed E-state index contributed by atoms with van der Waals surface area (Å²) >= 11 is 0. The van der Waals surface area contributed by atoms with Gasteiger partial charge in [-0.3, -0.25) is 9.48 Å². The zero-order valence-electron chi connectivity index (χ0n) is 17.8. The first-order valence-electron chi connectivity index (χ1n) is 10.9. The number of nitrogens with zero attached hydrogens (tertiary/aromatic N) is 5. The first-order chi connectivity index (χ1) is 15.1. The quantitative estimate of drug-likeness (QED) is 0.575. The monoisotopic (exact) mass is 420 g/mol. The fraction of sp³-hybridized carbons (Fsp3) is 0.435. The Morgan fingerprint density at radius 2 is 1.97 bits per heavy atom. The van der Waals surface area contributed by atoms with Crippen LogP contribution in [-0.4, -0.2) is 42.4 Å². The summed E-state index contributed by atoms with van der Waals surface area (Å²) in [5.74, 6) is 0.808. The van der Waals surface area contributed by atoms with Crippen molar-refractivity contribution in [3.63, 3.8) is 0 Å². The minimum atomic E-state index is -0.884. The second kappa shape index (κ2) is 9.68. The summed E-state index contributed by atoms with van der Waals surface area (Å²) in [4.78, 5) is 24.6. The molecule has 0 bridgehead atoms. The normalized spacial score (nSPS) is 14.4. The number of aromatic nitrogens is 5.